The normalized spacial score (nSPS) is 34.4. The van der Waals surface area contributed by atoms with Crippen molar-refractivity contribution in [3.63, 3.8) is 0 Å². The van der Waals surface area contributed by atoms with Crippen LogP contribution in [0.1, 0.15) is 26.2 Å². The van der Waals surface area contributed by atoms with Gasteiger partial charge in [0, 0.05) is 26.3 Å². The first-order chi connectivity index (χ1) is 7.42. The molecule has 0 aromatic heterocycles. The van der Waals surface area contributed by atoms with Gasteiger partial charge < -0.3 is 9.84 Å². The Hall–Kier alpha value is -0.170. The zero-order valence-corrected chi connectivity index (χ0v) is 10.4. The summed E-state index contributed by atoms with van der Waals surface area (Å²) in [5.74, 6) is 0. The summed E-state index contributed by atoms with van der Waals surface area (Å²) in [7, 11) is -3.24. The molecule has 1 unspecified atom stereocenters. The molecule has 2 aliphatic rings. The number of sulfonamides is 1. The highest BCUT2D eigenvalue weighted by atomic mass is 32.2. The monoisotopic (exact) mass is 249 g/mol. The lowest BCUT2D eigenvalue weighted by Gasteiger charge is -2.27. The number of ether oxygens (including phenoxy) is 1. The van der Waals surface area contributed by atoms with Gasteiger partial charge in [0.15, 0.2) is 0 Å². The fourth-order valence-corrected chi connectivity index (χ4v) is 4.32. The molecule has 0 aromatic carbocycles. The molecule has 0 amide bonds. The number of hydrogen-bond acceptors (Lipinski definition) is 4. The Labute approximate surface area is 96.4 Å². The Morgan fingerprint density at radius 2 is 2.00 bits per heavy atom. The molecule has 2 heterocycles. The van der Waals surface area contributed by atoms with Crippen molar-refractivity contribution in [3.05, 3.63) is 0 Å². The average molecular weight is 249 g/mol. The molecule has 1 atom stereocenters. The standard InChI is InChI=1S/C10H19NO4S/c1-10(12)4-5-11(8-10)16(13,14)9-2-6-15-7-3-9/h9,12H,2-8H2,1H3. The Balaban J connectivity index is 2.07. The molecule has 2 aliphatic heterocycles. The Kier molecular flexibility index (Phi) is 3.27. The van der Waals surface area contributed by atoms with Crippen LogP contribution in [0.15, 0.2) is 0 Å². The first-order valence-corrected chi connectivity index (χ1v) is 7.21. The van der Waals surface area contributed by atoms with E-state index in [4.69, 9.17) is 4.74 Å². The summed E-state index contributed by atoms with van der Waals surface area (Å²) in [5.41, 5.74) is -0.863. The van der Waals surface area contributed by atoms with Gasteiger partial charge in [-0.2, -0.15) is 4.31 Å². The Morgan fingerprint density at radius 1 is 1.38 bits per heavy atom. The van der Waals surface area contributed by atoms with Crippen molar-refractivity contribution in [1.82, 2.24) is 4.31 Å². The van der Waals surface area contributed by atoms with Crippen molar-refractivity contribution in [3.8, 4) is 0 Å². The average Bonchev–Trinajstić information content (AvgIpc) is 2.61. The zero-order chi connectivity index (χ0) is 11.8. The van der Waals surface area contributed by atoms with Gasteiger partial charge in [-0.05, 0) is 26.2 Å². The van der Waals surface area contributed by atoms with Gasteiger partial charge in [-0.1, -0.05) is 0 Å². The SMILES string of the molecule is CC1(O)CCN(S(=O)(=O)C2CCOCC2)C1. The van der Waals surface area contributed by atoms with Crippen molar-refractivity contribution >= 4 is 10.0 Å². The quantitative estimate of drug-likeness (QED) is 0.745. The summed E-state index contributed by atoms with van der Waals surface area (Å²) in [4.78, 5) is 0. The fourth-order valence-electron chi connectivity index (χ4n) is 2.31. The second kappa shape index (κ2) is 4.25. The molecule has 2 rings (SSSR count). The van der Waals surface area contributed by atoms with Crippen LogP contribution < -0.4 is 0 Å². The molecule has 6 heteroatoms. The number of aliphatic hydroxyl groups is 1. The third-order valence-corrected chi connectivity index (χ3v) is 5.71. The largest absolute Gasteiger partial charge is 0.389 e. The van der Waals surface area contributed by atoms with E-state index < -0.39 is 15.6 Å². The van der Waals surface area contributed by atoms with E-state index in [1.54, 1.807) is 6.92 Å². The van der Waals surface area contributed by atoms with Crippen LogP contribution in [0.25, 0.3) is 0 Å². The minimum atomic E-state index is -3.24. The summed E-state index contributed by atoms with van der Waals surface area (Å²) in [6, 6.07) is 0. The van der Waals surface area contributed by atoms with Gasteiger partial charge >= 0.3 is 0 Å². The molecular formula is C10H19NO4S. The number of nitrogens with zero attached hydrogens (tertiary/aromatic N) is 1. The molecule has 16 heavy (non-hydrogen) atoms. The summed E-state index contributed by atoms with van der Waals surface area (Å²) < 4.78 is 31.1. The highest BCUT2D eigenvalue weighted by Crippen LogP contribution is 2.27. The lowest BCUT2D eigenvalue weighted by molar-refractivity contribution is 0.0754. The maximum atomic E-state index is 12.2. The van der Waals surface area contributed by atoms with Gasteiger partial charge in [0.2, 0.25) is 10.0 Å². The van der Waals surface area contributed by atoms with Crippen LogP contribution in [-0.2, 0) is 14.8 Å². The minimum absolute atomic E-state index is 0.229. The van der Waals surface area contributed by atoms with Crippen LogP contribution in [-0.4, -0.2) is 55.0 Å². The molecule has 2 saturated heterocycles. The molecule has 1 N–H and O–H groups in total. The van der Waals surface area contributed by atoms with Gasteiger partial charge in [-0.15, -0.1) is 0 Å². The third-order valence-electron chi connectivity index (χ3n) is 3.37. The molecule has 0 radical (unpaired) electrons. The van der Waals surface area contributed by atoms with Gasteiger partial charge in [-0.3, -0.25) is 0 Å². The first-order valence-electron chi connectivity index (χ1n) is 5.71. The second-order valence-corrected chi connectivity index (χ2v) is 7.15. The predicted octanol–water partition coefficient (Wildman–Crippen LogP) is -0.0481. The van der Waals surface area contributed by atoms with Crippen LogP contribution in [0.2, 0.25) is 0 Å². The van der Waals surface area contributed by atoms with E-state index in [1.165, 1.54) is 4.31 Å². The highest BCUT2D eigenvalue weighted by molar-refractivity contribution is 7.89. The third kappa shape index (κ3) is 2.40. The summed E-state index contributed by atoms with van der Waals surface area (Å²) in [6.45, 7) is 3.40. The summed E-state index contributed by atoms with van der Waals surface area (Å²) in [5, 5.41) is 9.47. The number of β-amino-alcohol motifs (C(OH)–C–C–N with tert-alkyl or cyclic N) is 1. The van der Waals surface area contributed by atoms with Crippen LogP contribution in [0.5, 0.6) is 0 Å². The number of hydrogen-bond donors (Lipinski definition) is 1. The van der Waals surface area contributed by atoms with Gasteiger partial charge in [0.25, 0.3) is 0 Å². The van der Waals surface area contributed by atoms with E-state index in [-0.39, 0.29) is 11.8 Å². The van der Waals surface area contributed by atoms with Gasteiger partial charge in [0.05, 0.1) is 10.9 Å². The lowest BCUT2D eigenvalue weighted by atomic mass is 10.1. The maximum Gasteiger partial charge on any atom is 0.217 e. The van der Waals surface area contributed by atoms with E-state index in [1.807, 2.05) is 0 Å². The molecule has 0 saturated carbocycles. The van der Waals surface area contributed by atoms with Gasteiger partial charge in [-0.25, -0.2) is 8.42 Å². The predicted molar refractivity (Wildman–Crippen MR) is 59.6 cm³/mol. The molecule has 0 aliphatic carbocycles. The molecule has 5 nitrogen and oxygen atoms in total. The molecule has 2 fully saturated rings. The van der Waals surface area contributed by atoms with Crippen LogP contribution in [0.4, 0.5) is 0 Å². The van der Waals surface area contributed by atoms with Gasteiger partial charge in [0.1, 0.15) is 0 Å². The van der Waals surface area contributed by atoms with Crippen molar-refractivity contribution in [2.45, 2.75) is 37.0 Å². The van der Waals surface area contributed by atoms with E-state index >= 15 is 0 Å². The molecule has 94 valence electrons. The minimum Gasteiger partial charge on any atom is -0.389 e. The van der Waals surface area contributed by atoms with E-state index in [2.05, 4.69) is 0 Å². The first kappa shape index (κ1) is 12.3. The van der Waals surface area contributed by atoms with Crippen LogP contribution in [0.3, 0.4) is 0 Å². The van der Waals surface area contributed by atoms with E-state index in [0.29, 0.717) is 39.0 Å². The van der Waals surface area contributed by atoms with Crippen molar-refractivity contribution in [2.75, 3.05) is 26.3 Å². The van der Waals surface area contributed by atoms with Crippen molar-refractivity contribution in [2.24, 2.45) is 0 Å². The summed E-state index contributed by atoms with van der Waals surface area (Å²) in [6.07, 6.45) is 1.66. The highest BCUT2D eigenvalue weighted by Gasteiger charge is 2.41. The maximum absolute atomic E-state index is 12.2. The molecule has 0 spiro atoms. The Bertz CT molecular complexity index is 346. The van der Waals surface area contributed by atoms with Crippen molar-refractivity contribution < 1.29 is 18.3 Å². The molecule has 0 aromatic rings. The van der Waals surface area contributed by atoms with E-state index in [9.17, 15) is 13.5 Å². The molecular weight excluding hydrogens is 230 g/mol. The molecule has 0 bridgehead atoms. The van der Waals surface area contributed by atoms with Crippen molar-refractivity contribution in [1.29, 1.82) is 0 Å². The fraction of sp³-hybridized carbons (Fsp3) is 1.00. The van der Waals surface area contributed by atoms with E-state index in [0.717, 1.165) is 0 Å². The smallest absolute Gasteiger partial charge is 0.217 e. The lowest BCUT2D eigenvalue weighted by Crippen LogP contribution is -2.41. The zero-order valence-electron chi connectivity index (χ0n) is 9.55. The van der Waals surface area contributed by atoms with Crippen LogP contribution in [0, 0.1) is 0 Å². The topological polar surface area (TPSA) is 66.8 Å². The second-order valence-electron chi connectivity index (χ2n) is 4.94. The Morgan fingerprint density at radius 3 is 2.50 bits per heavy atom. The van der Waals surface area contributed by atoms with Crippen LogP contribution >= 0.6 is 0 Å². The number of rotatable bonds is 2. The summed E-state index contributed by atoms with van der Waals surface area (Å²) >= 11 is 0.